The van der Waals surface area contributed by atoms with E-state index in [4.69, 9.17) is 0 Å². The van der Waals surface area contributed by atoms with Crippen LogP contribution in [0.3, 0.4) is 0 Å². The fourth-order valence-corrected chi connectivity index (χ4v) is 3.44. The van der Waals surface area contributed by atoms with Crippen molar-refractivity contribution in [3.8, 4) is 0 Å². The predicted octanol–water partition coefficient (Wildman–Crippen LogP) is 2.76. The summed E-state index contributed by atoms with van der Waals surface area (Å²) in [4.78, 5) is 11.3. The molecule has 5 nitrogen and oxygen atoms in total. The molecule has 0 radical (unpaired) electrons. The van der Waals surface area contributed by atoms with Crippen LogP contribution in [0.15, 0.2) is 53.7 Å². The van der Waals surface area contributed by atoms with Crippen molar-refractivity contribution in [2.45, 2.75) is 38.8 Å². The first kappa shape index (κ1) is 19.4. The van der Waals surface area contributed by atoms with Gasteiger partial charge in [0.15, 0.2) is 5.96 Å². The van der Waals surface area contributed by atoms with Gasteiger partial charge in [-0.25, -0.2) is 0 Å². The van der Waals surface area contributed by atoms with Gasteiger partial charge < -0.3 is 10.6 Å². The minimum Gasteiger partial charge on any atom is -0.356 e. The zero-order valence-corrected chi connectivity index (χ0v) is 16.5. The summed E-state index contributed by atoms with van der Waals surface area (Å²) in [7, 11) is 1.84. The first-order valence-electron chi connectivity index (χ1n) is 9.88. The second kappa shape index (κ2) is 10.1. The fourth-order valence-electron chi connectivity index (χ4n) is 3.44. The molecule has 1 aliphatic rings. The Balaban J connectivity index is 1.37. The topological polar surface area (TPSA) is 52.6 Å². The molecule has 2 heterocycles. The number of guanidine groups is 1. The van der Waals surface area contributed by atoms with E-state index in [9.17, 15) is 0 Å². The molecule has 1 aromatic carbocycles. The summed E-state index contributed by atoms with van der Waals surface area (Å²) in [5.41, 5.74) is 3.70. The number of benzene rings is 1. The molecular formula is C22H31N5. The van der Waals surface area contributed by atoms with Gasteiger partial charge in [0.1, 0.15) is 0 Å². The van der Waals surface area contributed by atoms with Gasteiger partial charge in [-0.1, -0.05) is 36.4 Å². The van der Waals surface area contributed by atoms with Gasteiger partial charge in [-0.2, -0.15) is 0 Å². The number of pyridine rings is 1. The molecule has 0 bridgehead atoms. The van der Waals surface area contributed by atoms with E-state index in [1.54, 1.807) is 0 Å². The van der Waals surface area contributed by atoms with Crippen LogP contribution in [-0.2, 0) is 13.0 Å². The zero-order valence-electron chi connectivity index (χ0n) is 16.5. The van der Waals surface area contributed by atoms with E-state index in [-0.39, 0.29) is 0 Å². The minimum absolute atomic E-state index is 0.490. The Kier molecular flexibility index (Phi) is 7.22. The Morgan fingerprint density at radius 3 is 2.56 bits per heavy atom. The highest BCUT2D eigenvalue weighted by molar-refractivity contribution is 5.79. The number of aryl methyl sites for hydroxylation is 1. The molecule has 1 fully saturated rings. The molecule has 1 saturated heterocycles. The largest absolute Gasteiger partial charge is 0.356 e. The second-order valence-electron chi connectivity index (χ2n) is 7.24. The molecule has 0 amide bonds. The lowest BCUT2D eigenvalue weighted by Gasteiger charge is -2.33. The minimum atomic E-state index is 0.490. The number of hydrogen-bond acceptors (Lipinski definition) is 3. The lowest BCUT2D eigenvalue weighted by Crippen LogP contribution is -2.48. The zero-order chi connectivity index (χ0) is 18.9. The maximum absolute atomic E-state index is 4.38. The smallest absolute Gasteiger partial charge is 0.191 e. The highest BCUT2D eigenvalue weighted by Crippen LogP contribution is 2.13. The molecule has 0 unspecified atom stereocenters. The number of rotatable bonds is 6. The van der Waals surface area contributed by atoms with Crippen LogP contribution in [0.4, 0.5) is 0 Å². The van der Waals surface area contributed by atoms with Crippen molar-refractivity contribution in [3.05, 3.63) is 65.5 Å². The van der Waals surface area contributed by atoms with E-state index in [0.717, 1.165) is 57.1 Å². The average Bonchev–Trinajstić information content (AvgIpc) is 2.71. The van der Waals surface area contributed by atoms with Crippen molar-refractivity contribution in [2.24, 2.45) is 4.99 Å². The van der Waals surface area contributed by atoms with E-state index < -0.39 is 0 Å². The van der Waals surface area contributed by atoms with Gasteiger partial charge in [-0.15, -0.1) is 0 Å². The van der Waals surface area contributed by atoms with Gasteiger partial charge in [0.25, 0.3) is 0 Å². The molecule has 3 rings (SSSR count). The summed E-state index contributed by atoms with van der Waals surface area (Å²) in [6, 6.07) is 15.4. The maximum Gasteiger partial charge on any atom is 0.191 e. The monoisotopic (exact) mass is 365 g/mol. The van der Waals surface area contributed by atoms with Crippen molar-refractivity contribution in [3.63, 3.8) is 0 Å². The lowest BCUT2D eigenvalue weighted by molar-refractivity contribution is 0.198. The van der Waals surface area contributed by atoms with Gasteiger partial charge in [-0.05, 0) is 43.4 Å². The highest BCUT2D eigenvalue weighted by atomic mass is 15.2. The second-order valence-corrected chi connectivity index (χ2v) is 7.24. The van der Waals surface area contributed by atoms with Crippen LogP contribution >= 0.6 is 0 Å². The van der Waals surface area contributed by atoms with Crippen LogP contribution in [0.1, 0.15) is 29.7 Å². The molecule has 1 aliphatic heterocycles. The van der Waals surface area contributed by atoms with Gasteiger partial charge in [-0.3, -0.25) is 14.9 Å². The Hall–Kier alpha value is -2.40. The van der Waals surface area contributed by atoms with Crippen molar-refractivity contribution < 1.29 is 0 Å². The SMILES string of the molecule is CN=C(NCCc1ccc(C)nc1)NC1CCN(Cc2ccccc2)CC1. The maximum atomic E-state index is 4.38. The summed E-state index contributed by atoms with van der Waals surface area (Å²) in [6.07, 6.45) is 5.20. The first-order chi connectivity index (χ1) is 13.2. The Bertz CT molecular complexity index is 703. The standard InChI is InChI=1S/C22H31N5/c1-18-8-9-19(16-25-18)10-13-24-22(23-2)26-21-11-14-27(15-12-21)17-20-6-4-3-5-7-20/h3-9,16,21H,10-15,17H2,1-2H3,(H2,23,24,26). The van der Waals surface area contributed by atoms with Crippen molar-refractivity contribution in [1.82, 2.24) is 20.5 Å². The molecule has 1 aromatic heterocycles. The van der Waals surface area contributed by atoms with Crippen LogP contribution in [0, 0.1) is 6.92 Å². The fraction of sp³-hybridized carbons (Fsp3) is 0.455. The number of nitrogens with zero attached hydrogens (tertiary/aromatic N) is 3. The molecule has 0 aliphatic carbocycles. The van der Waals surface area contributed by atoms with Gasteiger partial charge >= 0.3 is 0 Å². The molecule has 2 aromatic rings. The number of aromatic nitrogens is 1. The Morgan fingerprint density at radius 2 is 1.89 bits per heavy atom. The van der Waals surface area contributed by atoms with Crippen LogP contribution in [0.25, 0.3) is 0 Å². The van der Waals surface area contributed by atoms with Gasteiger partial charge in [0, 0.05) is 51.2 Å². The Labute approximate surface area is 162 Å². The number of nitrogens with one attached hydrogen (secondary N) is 2. The molecule has 2 N–H and O–H groups in total. The molecule has 0 saturated carbocycles. The van der Waals surface area contributed by atoms with Crippen LogP contribution in [0.5, 0.6) is 0 Å². The predicted molar refractivity (Wildman–Crippen MR) is 112 cm³/mol. The van der Waals surface area contributed by atoms with Crippen molar-refractivity contribution >= 4 is 5.96 Å². The first-order valence-corrected chi connectivity index (χ1v) is 9.88. The van der Waals surface area contributed by atoms with E-state index in [1.807, 2.05) is 20.2 Å². The molecule has 27 heavy (non-hydrogen) atoms. The lowest BCUT2D eigenvalue weighted by atomic mass is 10.0. The van der Waals surface area contributed by atoms with Gasteiger partial charge in [0.05, 0.1) is 0 Å². The number of aliphatic imine (C=N–C) groups is 1. The summed E-state index contributed by atoms with van der Waals surface area (Å²) in [5.74, 6) is 0.900. The molecule has 5 heteroatoms. The number of likely N-dealkylation sites (tertiary alicyclic amines) is 1. The van der Waals surface area contributed by atoms with Crippen LogP contribution in [-0.4, -0.2) is 48.6 Å². The molecule has 0 spiro atoms. The van der Waals surface area contributed by atoms with Gasteiger partial charge in [0.2, 0.25) is 0 Å². The third-order valence-electron chi connectivity index (χ3n) is 5.08. The van der Waals surface area contributed by atoms with Crippen LogP contribution < -0.4 is 10.6 Å². The summed E-state index contributed by atoms with van der Waals surface area (Å²) >= 11 is 0. The summed E-state index contributed by atoms with van der Waals surface area (Å²) in [6.45, 7) is 6.17. The van der Waals surface area contributed by atoms with E-state index in [2.05, 4.69) is 68.0 Å². The summed E-state index contributed by atoms with van der Waals surface area (Å²) in [5, 5.41) is 7.01. The van der Waals surface area contributed by atoms with Crippen molar-refractivity contribution in [1.29, 1.82) is 0 Å². The highest BCUT2D eigenvalue weighted by Gasteiger charge is 2.19. The number of piperidine rings is 1. The summed E-state index contributed by atoms with van der Waals surface area (Å²) < 4.78 is 0. The number of hydrogen-bond donors (Lipinski definition) is 2. The molecular weight excluding hydrogens is 334 g/mol. The normalized spacial score (nSPS) is 16.3. The van der Waals surface area contributed by atoms with Crippen LogP contribution in [0.2, 0.25) is 0 Å². The molecule has 144 valence electrons. The Morgan fingerprint density at radius 1 is 1.11 bits per heavy atom. The average molecular weight is 366 g/mol. The quantitative estimate of drug-likeness (QED) is 0.611. The van der Waals surface area contributed by atoms with E-state index >= 15 is 0 Å². The van der Waals surface area contributed by atoms with Crippen molar-refractivity contribution in [2.75, 3.05) is 26.7 Å². The third kappa shape index (κ3) is 6.36. The third-order valence-corrected chi connectivity index (χ3v) is 5.08. The van der Waals surface area contributed by atoms with E-state index in [1.165, 1.54) is 11.1 Å². The molecule has 0 atom stereocenters. The van der Waals surface area contributed by atoms with E-state index in [0.29, 0.717) is 6.04 Å².